The molecule has 1 rings (SSSR count). The van der Waals surface area contributed by atoms with Crippen LogP contribution in [0.5, 0.6) is 5.75 Å². The number of phenolic OH excluding ortho intramolecular Hbond substituents is 1. The highest BCUT2D eigenvalue weighted by Gasteiger charge is 2.39. The van der Waals surface area contributed by atoms with Crippen LogP contribution in [-0.4, -0.2) is 137 Å². The Kier molecular flexibility index (Phi) is 25.3. The van der Waals surface area contributed by atoms with Gasteiger partial charge in [0.2, 0.25) is 47.3 Å². The Morgan fingerprint density at radius 3 is 1.49 bits per heavy atom. The van der Waals surface area contributed by atoms with Gasteiger partial charge in [0, 0.05) is 38.9 Å². The first-order chi connectivity index (χ1) is 31.2. The molecular weight excluding hydrogens is 873 g/mol. The molecule has 376 valence electrons. The SMILES string of the molecule is CC(C)C[C@H](C)C(=O)N[C@H](C(=O)N(C)[C@H](C(=O)N[C@@H](CCCNC(=N)N)C(=O)N[C@@H](CCC(N)=O)C(=O)N[C@@H](CCCNC(=N)N)C(=O)N[C@@H](Cc1ccc(O)cc1)C(N)=O)[C@@H](C)O)C(C)C. The van der Waals surface area contributed by atoms with Crippen LogP contribution < -0.4 is 60.2 Å². The van der Waals surface area contributed by atoms with Crippen molar-refractivity contribution in [2.45, 2.75) is 135 Å². The molecule has 0 unspecified atom stereocenters. The highest BCUT2D eigenvalue weighted by atomic mass is 16.3. The number of benzene rings is 1. The Morgan fingerprint density at radius 1 is 0.642 bits per heavy atom. The van der Waals surface area contributed by atoms with Crippen molar-refractivity contribution in [3.8, 4) is 5.75 Å². The van der Waals surface area contributed by atoms with Gasteiger partial charge in [-0.3, -0.25) is 49.2 Å². The van der Waals surface area contributed by atoms with E-state index in [-0.39, 0.29) is 81.1 Å². The molecule has 19 N–H and O–H groups in total. The fourth-order valence-corrected chi connectivity index (χ4v) is 7.01. The van der Waals surface area contributed by atoms with Gasteiger partial charge >= 0.3 is 0 Å². The number of amides is 8. The minimum absolute atomic E-state index is 0.0318. The van der Waals surface area contributed by atoms with Gasteiger partial charge in [-0.05, 0) is 75.0 Å². The molecule has 1 aromatic carbocycles. The number of hydrogen-bond donors (Lipinski definition) is 15. The summed E-state index contributed by atoms with van der Waals surface area (Å²) in [5.41, 5.74) is 22.4. The molecule has 8 atom stereocenters. The van der Waals surface area contributed by atoms with E-state index < -0.39 is 102 Å². The van der Waals surface area contributed by atoms with Crippen LogP contribution in [0.4, 0.5) is 0 Å². The smallest absolute Gasteiger partial charge is 0.246 e. The number of hydrogen-bond acceptors (Lipinski definition) is 12. The second-order valence-corrected chi connectivity index (χ2v) is 17.4. The van der Waals surface area contributed by atoms with Crippen LogP contribution in [0.3, 0.4) is 0 Å². The summed E-state index contributed by atoms with van der Waals surface area (Å²) in [7, 11) is 1.27. The number of carbonyl (C=O) groups excluding carboxylic acids is 8. The molecule has 0 heterocycles. The highest BCUT2D eigenvalue weighted by molar-refractivity contribution is 5.97. The zero-order chi connectivity index (χ0) is 51.1. The zero-order valence-electron chi connectivity index (χ0n) is 39.6. The summed E-state index contributed by atoms with van der Waals surface area (Å²) >= 11 is 0. The number of nitrogens with two attached hydrogens (primary N) is 4. The fourth-order valence-electron chi connectivity index (χ4n) is 7.01. The maximum Gasteiger partial charge on any atom is 0.246 e. The number of aliphatic hydroxyl groups excluding tert-OH is 1. The van der Waals surface area contributed by atoms with Crippen LogP contribution >= 0.6 is 0 Å². The van der Waals surface area contributed by atoms with Crippen LogP contribution in [0.15, 0.2) is 24.3 Å². The third kappa shape index (κ3) is 21.9. The summed E-state index contributed by atoms with van der Waals surface area (Å²) in [5.74, 6) is -7.95. The number of rotatable bonds is 30. The Labute approximate surface area is 391 Å². The minimum atomic E-state index is -1.59. The molecule has 0 aliphatic carbocycles. The van der Waals surface area contributed by atoms with E-state index in [1.165, 1.54) is 38.2 Å². The number of nitrogens with zero attached hydrogens (tertiary/aromatic N) is 1. The van der Waals surface area contributed by atoms with Gasteiger partial charge in [0.1, 0.15) is 42.0 Å². The lowest BCUT2D eigenvalue weighted by Crippen LogP contribution is -2.62. The largest absolute Gasteiger partial charge is 0.508 e. The topological polar surface area (TPSA) is 416 Å². The summed E-state index contributed by atoms with van der Waals surface area (Å²) in [4.78, 5) is 108. The third-order valence-corrected chi connectivity index (χ3v) is 10.6. The van der Waals surface area contributed by atoms with Gasteiger partial charge in [0.25, 0.3) is 0 Å². The molecule has 0 saturated heterocycles. The van der Waals surface area contributed by atoms with Crippen molar-refractivity contribution in [2.24, 2.45) is 40.7 Å². The summed E-state index contributed by atoms with van der Waals surface area (Å²) < 4.78 is 0. The Balaban J connectivity index is 3.53. The standard InChI is InChI=1S/C43H74N14O10/c1-22(2)20-24(5)36(62)56-33(23(3)4)41(67)57(7)34(25(6)58)40(66)54-29(11-9-19-51-43(48)49)37(63)53-30(16-17-32(44)60)39(65)52-28(10-8-18-50-42(46)47)38(64)55-31(35(45)61)21-26-12-14-27(59)15-13-26/h12-15,22-25,28-31,33-34,58-59H,8-11,16-21H2,1-7H3,(H2,44,60)(H2,45,61)(H,52,65)(H,53,63)(H,54,66)(H,55,64)(H,56,62)(H4,46,47,50)(H4,48,49,51)/t24-,25+,28-,29-,30-,31-,33-,34-/m0/s1. The van der Waals surface area contributed by atoms with Crippen molar-refractivity contribution in [3.05, 3.63) is 29.8 Å². The van der Waals surface area contributed by atoms with Crippen molar-refractivity contribution >= 4 is 59.2 Å². The molecule has 1 aromatic rings. The van der Waals surface area contributed by atoms with Gasteiger partial charge in [0.15, 0.2) is 11.9 Å². The van der Waals surface area contributed by atoms with E-state index in [0.29, 0.717) is 12.0 Å². The maximum absolute atomic E-state index is 14.1. The molecule has 0 bridgehead atoms. The molecule has 67 heavy (non-hydrogen) atoms. The van der Waals surface area contributed by atoms with Gasteiger partial charge < -0.3 is 75.3 Å². The van der Waals surface area contributed by atoms with Crippen LogP contribution in [0.25, 0.3) is 0 Å². The first kappa shape index (κ1) is 58.3. The summed E-state index contributed by atoms with van der Waals surface area (Å²) in [6, 6.07) is -2.56. The maximum atomic E-state index is 14.1. The summed E-state index contributed by atoms with van der Waals surface area (Å²) in [6.07, 6.45) is -1.79. The van der Waals surface area contributed by atoms with Gasteiger partial charge in [-0.15, -0.1) is 0 Å². The number of aromatic hydroxyl groups is 1. The van der Waals surface area contributed by atoms with Crippen LogP contribution in [-0.2, 0) is 44.8 Å². The first-order valence-corrected chi connectivity index (χ1v) is 22.2. The molecular formula is C43H74N14O10. The molecule has 24 nitrogen and oxygen atoms in total. The van der Waals surface area contributed by atoms with Gasteiger partial charge in [0.05, 0.1) is 6.10 Å². The van der Waals surface area contributed by atoms with Gasteiger partial charge in [-0.25, -0.2) is 0 Å². The predicted molar refractivity (Wildman–Crippen MR) is 249 cm³/mol. The Morgan fingerprint density at radius 2 is 1.09 bits per heavy atom. The quantitative estimate of drug-likeness (QED) is 0.0210. The van der Waals surface area contributed by atoms with E-state index >= 15 is 0 Å². The second-order valence-electron chi connectivity index (χ2n) is 17.4. The highest BCUT2D eigenvalue weighted by Crippen LogP contribution is 2.16. The molecule has 0 aromatic heterocycles. The molecule has 0 saturated carbocycles. The number of guanidine groups is 2. The van der Waals surface area contributed by atoms with Gasteiger partial charge in [-0.1, -0.05) is 46.8 Å². The molecule has 0 aliphatic rings. The minimum Gasteiger partial charge on any atom is -0.508 e. The second kappa shape index (κ2) is 29.0. The average molecular weight is 947 g/mol. The summed E-state index contributed by atoms with van der Waals surface area (Å²) in [6.45, 7) is 10.5. The van der Waals surface area contributed by atoms with E-state index in [0.717, 1.165) is 4.90 Å². The molecule has 8 amide bonds. The molecule has 24 heteroatoms. The number of nitrogens with one attached hydrogen (secondary N) is 9. The number of primary amides is 2. The monoisotopic (exact) mass is 947 g/mol. The van der Waals surface area contributed by atoms with Crippen molar-refractivity contribution in [1.29, 1.82) is 10.8 Å². The zero-order valence-corrected chi connectivity index (χ0v) is 39.6. The lowest BCUT2D eigenvalue weighted by molar-refractivity contribution is -0.147. The fraction of sp³-hybridized carbons (Fsp3) is 0.628. The van der Waals surface area contributed by atoms with Gasteiger partial charge in [-0.2, -0.15) is 0 Å². The molecule has 0 radical (unpaired) electrons. The van der Waals surface area contributed by atoms with Crippen LogP contribution in [0, 0.1) is 28.6 Å². The van der Waals surface area contributed by atoms with E-state index in [1.54, 1.807) is 20.8 Å². The molecule has 0 aliphatic heterocycles. The third-order valence-electron chi connectivity index (χ3n) is 10.6. The number of phenols is 1. The lowest BCUT2D eigenvalue weighted by atomic mass is 9.96. The molecule has 0 spiro atoms. The Bertz CT molecular complexity index is 1860. The number of carbonyl (C=O) groups is 8. The van der Waals surface area contributed by atoms with Crippen LogP contribution in [0.2, 0.25) is 0 Å². The van der Waals surface area contributed by atoms with E-state index in [4.69, 9.17) is 33.8 Å². The van der Waals surface area contributed by atoms with E-state index in [2.05, 4.69) is 37.2 Å². The van der Waals surface area contributed by atoms with E-state index in [1.807, 2.05) is 13.8 Å². The Hall–Kier alpha value is -6.72. The van der Waals surface area contributed by atoms with E-state index in [9.17, 15) is 48.6 Å². The van der Waals surface area contributed by atoms with Crippen LogP contribution in [0.1, 0.15) is 92.1 Å². The van der Waals surface area contributed by atoms with Crippen molar-refractivity contribution < 1.29 is 48.6 Å². The number of aliphatic hydroxyl groups is 1. The normalized spacial score (nSPS) is 14.7. The average Bonchev–Trinajstić information content (AvgIpc) is 3.22. The van der Waals surface area contributed by atoms with Crippen molar-refractivity contribution in [2.75, 3.05) is 20.1 Å². The first-order valence-electron chi connectivity index (χ1n) is 22.2. The summed E-state index contributed by atoms with van der Waals surface area (Å²) in [5, 5.41) is 53.6. The van der Waals surface area contributed by atoms with Crippen molar-refractivity contribution in [3.63, 3.8) is 0 Å². The number of likely N-dealkylation sites (N-methyl/N-ethyl adjacent to an activating group) is 1. The van der Waals surface area contributed by atoms with Crippen molar-refractivity contribution in [1.82, 2.24) is 42.1 Å². The predicted octanol–water partition coefficient (Wildman–Crippen LogP) is -2.82. The lowest BCUT2D eigenvalue weighted by Gasteiger charge is -2.35. The molecule has 0 fully saturated rings.